The van der Waals surface area contributed by atoms with Crippen LogP contribution >= 0.6 is 0 Å². The largest absolute Gasteiger partial charge is 0.484 e. The normalized spacial score (nSPS) is 14.2. The van der Waals surface area contributed by atoms with E-state index in [4.69, 9.17) is 4.74 Å². The summed E-state index contributed by atoms with van der Waals surface area (Å²) in [5.41, 5.74) is 1.93. The number of hydrogen-bond donors (Lipinski definition) is 0. The van der Waals surface area contributed by atoms with Gasteiger partial charge in [0.15, 0.2) is 6.61 Å². The second-order valence-electron chi connectivity index (χ2n) is 6.33. The first-order valence-electron chi connectivity index (χ1n) is 9.01. The van der Waals surface area contributed by atoms with E-state index in [9.17, 15) is 9.59 Å². The number of carbonyl (C=O) groups excluding carboxylic acids is 2. The van der Waals surface area contributed by atoms with Crippen molar-refractivity contribution in [2.24, 2.45) is 0 Å². The van der Waals surface area contributed by atoms with Crippen LogP contribution in [0.1, 0.15) is 22.8 Å². The highest BCUT2D eigenvalue weighted by Crippen LogP contribution is 2.13. The fourth-order valence-electron chi connectivity index (χ4n) is 2.98. The number of nitrogens with zero attached hydrogens (tertiary/aromatic N) is 2. The van der Waals surface area contributed by atoms with Crippen molar-refractivity contribution in [3.05, 3.63) is 65.7 Å². The Labute approximate surface area is 154 Å². The summed E-state index contributed by atoms with van der Waals surface area (Å²) < 4.78 is 5.59. The maximum Gasteiger partial charge on any atom is 0.260 e. The highest BCUT2D eigenvalue weighted by molar-refractivity contribution is 5.94. The number of amides is 2. The van der Waals surface area contributed by atoms with Crippen LogP contribution in [0, 0.1) is 0 Å². The standard InChI is InChI=1S/C21H24N2O3/c1-2-17-8-10-19(11-9-17)26-16-20(24)22-12-14-23(15-13-22)21(25)18-6-4-3-5-7-18/h3-11H,2,12-16H2,1H3. The summed E-state index contributed by atoms with van der Waals surface area (Å²) >= 11 is 0. The van der Waals surface area contributed by atoms with Gasteiger partial charge in [0.25, 0.3) is 11.8 Å². The van der Waals surface area contributed by atoms with E-state index in [1.165, 1.54) is 5.56 Å². The first-order chi connectivity index (χ1) is 12.7. The molecule has 5 heteroatoms. The van der Waals surface area contributed by atoms with E-state index in [1.54, 1.807) is 9.80 Å². The molecule has 0 bridgehead atoms. The third-order valence-electron chi connectivity index (χ3n) is 4.63. The van der Waals surface area contributed by atoms with Gasteiger partial charge in [-0.1, -0.05) is 37.3 Å². The van der Waals surface area contributed by atoms with Crippen molar-refractivity contribution in [2.75, 3.05) is 32.8 Å². The molecule has 1 saturated heterocycles. The number of ether oxygens (including phenoxy) is 1. The predicted octanol–water partition coefficient (Wildman–Crippen LogP) is 2.61. The van der Waals surface area contributed by atoms with Gasteiger partial charge in [0, 0.05) is 31.7 Å². The highest BCUT2D eigenvalue weighted by Gasteiger charge is 2.24. The predicted molar refractivity (Wildman–Crippen MR) is 100 cm³/mol. The van der Waals surface area contributed by atoms with Gasteiger partial charge in [-0.25, -0.2) is 0 Å². The first-order valence-corrected chi connectivity index (χ1v) is 9.01. The summed E-state index contributed by atoms with van der Waals surface area (Å²) in [4.78, 5) is 28.3. The monoisotopic (exact) mass is 352 g/mol. The fraction of sp³-hybridized carbons (Fsp3) is 0.333. The SMILES string of the molecule is CCc1ccc(OCC(=O)N2CCN(C(=O)c3ccccc3)CC2)cc1. The number of piperazine rings is 1. The van der Waals surface area contributed by atoms with Crippen LogP contribution < -0.4 is 4.74 Å². The number of carbonyl (C=O) groups is 2. The molecule has 0 atom stereocenters. The van der Waals surface area contributed by atoms with Gasteiger partial charge in [0.2, 0.25) is 0 Å². The second-order valence-corrected chi connectivity index (χ2v) is 6.33. The van der Waals surface area contributed by atoms with Gasteiger partial charge >= 0.3 is 0 Å². The number of aryl methyl sites for hydroxylation is 1. The molecule has 0 spiro atoms. The van der Waals surface area contributed by atoms with Gasteiger partial charge < -0.3 is 14.5 Å². The van der Waals surface area contributed by atoms with Gasteiger partial charge in [-0.2, -0.15) is 0 Å². The van der Waals surface area contributed by atoms with Gasteiger partial charge in [-0.05, 0) is 36.2 Å². The van der Waals surface area contributed by atoms with Gasteiger partial charge in [0.1, 0.15) is 5.75 Å². The maximum atomic E-state index is 12.4. The lowest BCUT2D eigenvalue weighted by Crippen LogP contribution is -2.51. The van der Waals surface area contributed by atoms with E-state index in [0.717, 1.165) is 6.42 Å². The molecule has 2 amide bonds. The maximum absolute atomic E-state index is 12.4. The minimum atomic E-state index is -0.0450. The fourth-order valence-corrected chi connectivity index (χ4v) is 2.98. The van der Waals surface area contributed by atoms with Crippen molar-refractivity contribution in [3.8, 4) is 5.75 Å². The zero-order chi connectivity index (χ0) is 18.4. The van der Waals surface area contributed by atoms with E-state index >= 15 is 0 Å². The van der Waals surface area contributed by atoms with Crippen molar-refractivity contribution in [3.63, 3.8) is 0 Å². The third-order valence-corrected chi connectivity index (χ3v) is 4.63. The highest BCUT2D eigenvalue weighted by atomic mass is 16.5. The summed E-state index contributed by atoms with van der Waals surface area (Å²) in [5.74, 6) is 0.676. The van der Waals surface area contributed by atoms with Gasteiger partial charge in [-0.3, -0.25) is 9.59 Å². The Kier molecular flexibility index (Phi) is 5.89. The molecule has 0 aromatic heterocycles. The van der Waals surface area contributed by atoms with Gasteiger partial charge in [-0.15, -0.1) is 0 Å². The summed E-state index contributed by atoms with van der Waals surface area (Å²) in [7, 11) is 0. The van der Waals surface area contributed by atoms with Crippen LogP contribution in [0.4, 0.5) is 0 Å². The minimum Gasteiger partial charge on any atom is -0.484 e. The molecule has 0 radical (unpaired) electrons. The average Bonchev–Trinajstić information content (AvgIpc) is 2.72. The van der Waals surface area contributed by atoms with Crippen LogP contribution in [0.25, 0.3) is 0 Å². The Morgan fingerprint density at radius 2 is 1.50 bits per heavy atom. The second kappa shape index (κ2) is 8.52. The molecular formula is C21H24N2O3. The Bertz CT molecular complexity index is 736. The lowest BCUT2D eigenvalue weighted by atomic mass is 10.2. The van der Waals surface area contributed by atoms with Gasteiger partial charge in [0.05, 0.1) is 0 Å². The molecule has 1 heterocycles. The summed E-state index contributed by atoms with van der Waals surface area (Å²) in [6.45, 7) is 4.29. The minimum absolute atomic E-state index is 0.0185. The molecule has 0 aliphatic carbocycles. The Morgan fingerprint density at radius 3 is 2.12 bits per heavy atom. The Morgan fingerprint density at radius 1 is 0.885 bits per heavy atom. The Balaban J connectivity index is 1.46. The van der Waals surface area contributed by atoms with E-state index in [0.29, 0.717) is 37.5 Å². The van der Waals surface area contributed by atoms with Crippen molar-refractivity contribution >= 4 is 11.8 Å². The molecule has 0 N–H and O–H groups in total. The molecule has 0 unspecified atom stereocenters. The average molecular weight is 352 g/mol. The quantitative estimate of drug-likeness (QED) is 0.831. The molecule has 136 valence electrons. The summed E-state index contributed by atoms with van der Waals surface area (Å²) in [6, 6.07) is 17.0. The van der Waals surface area contributed by atoms with Crippen molar-refractivity contribution in [1.29, 1.82) is 0 Å². The molecule has 2 aromatic carbocycles. The van der Waals surface area contributed by atoms with E-state index in [-0.39, 0.29) is 18.4 Å². The van der Waals surface area contributed by atoms with Crippen LogP contribution in [-0.2, 0) is 11.2 Å². The summed E-state index contributed by atoms with van der Waals surface area (Å²) in [5, 5.41) is 0. The van der Waals surface area contributed by atoms with Crippen LogP contribution in [-0.4, -0.2) is 54.4 Å². The number of rotatable bonds is 5. The lowest BCUT2D eigenvalue weighted by molar-refractivity contribution is -0.134. The smallest absolute Gasteiger partial charge is 0.260 e. The molecule has 0 saturated carbocycles. The van der Waals surface area contributed by atoms with Crippen LogP contribution in [0.3, 0.4) is 0 Å². The van der Waals surface area contributed by atoms with Crippen LogP contribution in [0.15, 0.2) is 54.6 Å². The van der Waals surface area contributed by atoms with E-state index in [1.807, 2.05) is 54.6 Å². The zero-order valence-electron chi connectivity index (χ0n) is 15.1. The molecule has 5 nitrogen and oxygen atoms in total. The van der Waals surface area contributed by atoms with Crippen LogP contribution in [0.5, 0.6) is 5.75 Å². The molecule has 2 aromatic rings. The number of hydrogen-bond acceptors (Lipinski definition) is 3. The van der Waals surface area contributed by atoms with Crippen molar-refractivity contribution in [2.45, 2.75) is 13.3 Å². The zero-order valence-corrected chi connectivity index (χ0v) is 15.1. The first kappa shape index (κ1) is 18.0. The summed E-state index contributed by atoms with van der Waals surface area (Å²) in [6.07, 6.45) is 0.977. The lowest BCUT2D eigenvalue weighted by Gasteiger charge is -2.34. The molecule has 1 fully saturated rings. The Hall–Kier alpha value is -2.82. The van der Waals surface area contributed by atoms with E-state index in [2.05, 4.69) is 6.92 Å². The molecule has 3 rings (SSSR count). The van der Waals surface area contributed by atoms with E-state index < -0.39 is 0 Å². The third kappa shape index (κ3) is 4.42. The number of benzene rings is 2. The van der Waals surface area contributed by atoms with Crippen molar-refractivity contribution in [1.82, 2.24) is 9.80 Å². The molecule has 1 aliphatic rings. The molecule has 26 heavy (non-hydrogen) atoms. The molecule has 1 aliphatic heterocycles. The topological polar surface area (TPSA) is 49.9 Å². The van der Waals surface area contributed by atoms with Crippen molar-refractivity contribution < 1.29 is 14.3 Å². The molecular weight excluding hydrogens is 328 g/mol. The van der Waals surface area contributed by atoms with Crippen LogP contribution in [0.2, 0.25) is 0 Å².